The molecule has 0 aromatic carbocycles. The summed E-state index contributed by atoms with van der Waals surface area (Å²) in [6, 6.07) is 3.68. The maximum atomic E-state index is 13.0. The number of carbonyl (C=O) groups excluding carboxylic acids is 2. The number of piperidine rings is 1. The van der Waals surface area contributed by atoms with E-state index >= 15 is 0 Å². The van der Waals surface area contributed by atoms with Crippen molar-refractivity contribution in [1.29, 1.82) is 0 Å². The number of fused-ring (bicyclic) bond motifs is 4. The number of carbonyl (C=O) groups is 2. The number of hydrogen-bond acceptors (Lipinski definition) is 5. The Kier molecular flexibility index (Phi) is 4.40. The molecule has 0 unspecified atom stereocenters. The summed E-state index contributed by atoms with van der Waals surface area (Å²) >= 11 is 0. The van der Waals surface area contributed by atoms with Gasteiger partial charge in [0.25, 0.3) is 5.91 Å². The molecule has 3 aliphatic rings. The molecule has 0 aliphatic carbocycles. The molecule has 5 rings (SSSR count). The molecular weight excluding hydrogens is 332 g/mol. The third-order valence-corrected chi connectivity index (χ3v) is 5.22. The van der Waals surface area contributed by atoms with Crippen LogP contribution in [0.1, 0.15) is 36.5 Å². The Hall–Kier alpha value is -2.77. The number of pyridine rings is 1. The molecule has 5 heterocycles. The van der Waals surface area contributed by atoms with Crippen LogP contribution in [-0.4, -0.2) is 67.0 Å². The second-order valence-electron chi connectivity index (χ2n) is 6.94. The summed E-state index contributed by atoms with van der Waals surface area (Å²) in [7, 11) is 0. The van der Waals surface area contributed by atoms with Crippen LogP contribution >= 0.6 is 0 Å². The zero-order valence-corrected chi connectivity index (χ0v) is 14.8. The molecule has 2 bridgehead atoms. The van der Waals surface area contributed by atoms with Gasteiger partial charge in [0.2, 0.25) is 5.91 Å². The lowest BCUT2D eigenvalue weighted by Gasteiger charge is -2.35. The van der Waals surface area contributed by atoms with E-state index in [0.29, 0.717) is 24.5 Å². The van der Waals surface area contributed by atoms with Crippen LogP contribution in [0.15, 0.2) is 31.0 Å². The Morgan fingerprint density at radius 2 is 2.00 bits per heavy atom. The Balaban J connectivity index is 1.52. The second kappa shape index (κ2) is 6.86. The fourth-order valence-corrected chi connectivity index (χ4v) is 3.91. The van der Waals surface area contributed by atoms with Crippen molar-refractivity contribution in [2.75, 3.05) is 19.6 Å². The molecule has 3 aliphatic heterocycles. The lowest BCUT2D eigenvalue weighted by molar-refractivity contribution is -0.139. The quantitative estimate of drug-likeness (QED) is 0.822. The van der Waals surface area contributed by atoms with Crippen molar-refractivity contribution in [3.8, 4) is 5.82 Å². The summed E-state index contributed by atoms with van der Waals surface area (Å²) in [5, 5.41) is 7.51. The number of hydrogen-bond donors (Lipinski definition) is 0. The number of aromatic nitrogens is 4. The molecular formula is C18H22N6O2. The van der Waals surface area contributed by atoms with Gasteiger partial charge in [-0.15, -0.1) is 10.2 Å². The molecule has 3 fully saturated rings. The number of rotatable bonds is 4. The van der Waals surface area contributed by atoms with Crippen LogP contribution in [0.25, 0.3) is 5.82 Å². The largest absolute Gasteiger partial charge is 0.338 e. The molecule has 2 atom stereocenters. The Morgan fingerprint density at radius 1 is 1.19 bits per heavy atom. The zero-order chi connectivity index (χ0) is 18.1. The minimum Gasteiger partial charge on any atom is -0.338 e. The third-order valence-electron chi connectivity index (χ3n) is 5.22. The van der Waals surface area contributed by atoms with Gasteiger partial charge in [-0.2, -0.15) is 0 Å². The van der Waals surface area contributed by atoms with Crippen LogP contribution in [0.3, 0.4) is 0 Å². The van der Waals surface area contributed by atoms with Crippen LogP contribution < -0.4 is 0 Å². The van der Waals surface area contributed by atoms with E-state index in [1.165, 1.54) is 0 Å². The van der Waals surface area contributed by atoms with Crippen molar-refractivity contribution in [2.24, 2.45) is 5.92 Å². The first-order valence-corrected chi connectivity index (χ1v) is 9.08. The zero-order valence-electron chi connectivity index (χ0n) is 14.8. The van der Waals surface area contributed by atoms with Gasteiger partial charge in [0.15, 0.2) is 0 Å². The molecule has 2 aromatic heterocycles. The van der Waals surface area contributed by atoms with Gasteiger partial charge >= 0.3 is 0 Å². The fraction of sp³-hybridized carbons (Fsp3) is 0.500. The van der Waals surface area contributed by atoms with Crippen LogP contribution in [-0.2, 0) is 4.79 Å². The van der Waals surface area contributed by atoms with Crippen molar-refractivity contribution in [3.05, 3.63) is 36.5 Å². The van der Waals surface area contributed by atoms with Crippen molar-refractivity contribution in [3.63, 3.8) is 0 Å². The molecule has 8 heteroatoms. The van der Waals surface area contributed by atoms with Gasteiger partial charge in [-0.1, -0.05) is 6.92 Å². The molecule has 2 aromatic rings. The first kappa shape index (κ1) is 16.7. The first-order chi connectivity index (χ1) is 12.7. The minimum absolute atomic E-state index is 0.0594. The van der Waals surface area contributed by atoms with Crippen LogP contribution in [0.5, 0.6) is 0 Å². The standard InChI is InChI=1S/C18H22N6O2/c1-2-7-24-15-5-3-14(18(24)26)9-22(10-15)17(25)13-4-6-16(19-8-13)23-11-20-21-12-23/h4,6,8,11-12,14-15H,2-3,5,7,9-10H2,1H3/t14-,15+/m0/s1. The van der Waals surface area contributed by atoms with E-state index < -0.39 is 0 Å². The maximum absolute atomic E-state index is 13.0. The van der Waals surface area contributed by atoms with Gasteiger partial charge < -0.3 is 9.80 Å². The monoisotopic (exact) mass is 354 g/mol. The number of amides is 2. The van der Waals surface area contributed by atoms with Crippen LogP contribution in [0.4, 0.5) is 0 Å². The van der Waals surface area contributed by atoms with E-state index in [2.05, 4.69) is 22.1 Å². The third kappa shape index (κ3) is 2.95. The molecule has 2 amide bonds. The summed E-state index contributed by atoms with van der Waals surface area (Å²) in [6.45, 7) is 3.96. The highest BCUT2D eigenvalue weighted by Gasteiger charge is 2.41. The lowest BCUT2D eigenvalue weighted by atomic mass is 9.94. The molecule has 8 nitrogen and oxygen atoms in total. The van der Waals surface area contributed by atoms with Gasteiger partial charge in [-0.3, -0.25) is 14.2 Å². The predicted octanol–water partition coefficient (Wildman–Crippen LogP) is 1.14. The molecule has 26 heavy (non-hydrogen) atoms. The lowest BCUT2D eigenvalue weighted by Crippen LogP contribution is -2.48. The van der Waals surface area contributed by atoms with E-state index in [-0.39, 0.29) is 23.8 Å². The van der Waals surface area contributed by atoms with Crippen LogP contribution in [0, 0.1) is 5.92 Å². The molecule has 3 saturated heterocycles. The van der Waals surface area contributed by atoms with E-state index in [1.807, 2.05) is 9.80 Å². The molecule has 0 spiro atoms. The van der Waals surface area contributed by atoms with Gasteiger partial charge in [-0.25, -0.2) is 4.98 Å². The van der Waals surface area contributed by atoms with E-state index in [0.717, 1.165) is 25.8 Å². The molecule has 0 saturated carbocycles. The predicted molar refractivity (Wildman–Crippen MR) is 93.6 cm³/mol. The first-order valence-electron chi connectivity index (χ1n) is 9.08. The highest BCUT2D eigenvalue weighted by molar-refractivity contribution is 5.95. The maximum Gasteiger partial charge on any atom is 0.255 e. The van der Waals surface area contributed by atoms with E-state index in [9.17, 15) is 9.59 Å². The van der Waals surface area contributed by atoms with E-state index in [1.54, 1.807) is 35.6 Å². The smallest absolute Gasteiger partial charge is 0.255 e. The molecule has 0 radical (unpaired) electrons. The van der Waals surface area contributed by atoms with Crippen molar-refractivity contribution < 1.29 is 9.59 Å². The topological polar surface area (TPSA) is 84.2 Å². The fourth-order valence-electron chi connectivity index (χ4n) is 3.91. The van der Waals surface area contributed by atoms with Crippen LogP contribution in [0.2, 0.25) is 0 Å². The van der Waals surface area contributed by atoms with Gasteiger partial charge in [0.05, 0.1) is 11.5 Å². The van der Waals surface area contributed by atoms with E-state index in [4.69, 9.17) is 0 Å². The summed E-state index contributed by atoms with van der Waals surface area (Å²) < 4.78 is 1.68. The van der Waals surface area contributed by atoms with Gasteiger partial charge in [-0.05, 0) is 31.4 Å². The Labute approximate surface area is 151 Å². The average molecular weight is 354 g/mol. The Morgan fingerprint density at radius 3 is 2.69 bits per heavy atom. The minimum atomic E-state index is -0.0755. The van der Waals surface area contributed by atoms with Crippen molar-refractivity contribution in [2.45, 2.75) is 32.2 Å². The second-order valence-corrected chi connectivity index (χ2v) is 6.94. The molecule has 0 N–H and O–H groups in total. The number of nitrogens with zero attached hydrogens (tertiary/aromatic N) is 6. The van der Waals surface area contributed by atoms with Crippen molar-refractivity contribution in [1.82, 2.24) is 29.5 Å². The van der Waals surface area contributed by atoms with Gasteiger partial charge in [0, 0.05) is 31.9 Å². The summed E-state index contributed by atoms with van der Waals surface area (Å²) in [5.74, 6) is 0.732. The summed E-state index contributed by atoms with van der Waals surface area (Å²) in [6.07, 6.45) is 7.49. The highest BCUT2D eigenvalue weighted by Crippen LogP contribution is 2.30. The Bertz CT molecular complexity index is 789. The SMILES string of the molecule is CCCN1C(=O)[C@H]2CC[C@@H]1CN(C(=O)c1ccc(-n3cnnc3)nc1)C2. The highest BCUT2D eigenvalue weighted by atomic mass is 16.2. The molecule has 136 valence electrons. The summed E-state index contributed by atoms with van der Waals surface area (Å²) in [4.78, 5) is 33.7. The van der Waals surface area contributed by atoms with Crippen molar-refractivity contribution >= 4 is 11.8 Å². The average Bonchev–Trinajstić information content (AvgIpc) is 3.07. The normalized spacial score (nSPS) is 22.6. The van der Waals surface area contributed by atoms with Gasteiger partial charge in [0.1, 0.15) is 18.5 Å². The summed E-state index contributed by atoms with van der Waals surface area (Å²) in [5.41, 5.74) is 0.539.